The van der Waals surface area contributed by atoms with Gasteiger partial charge in [-0.3, -0.25) is 14.4 Å². The number of para-hydroxylation sites is 1. The lowest BCUT2D eigenvalue weighted by Crippen LogP contribution is -2.39. The summed E-state index contributed by atoms with van der Waals surface area (Å²) in [5.74, 6) is -2.91. The van der Waals surface area contributed by atoms with E-state index in [2.05, 4.69) is 16.0 Å². The van der Waals surface area contributed by atoms with Gasteiger partial charge in [0.1, 0.15) is 5.82 Å². The number of carbonyl (C=O) groups is 3. The van der Waals surface area contributed by atoms with E-state index in [0.717, 1.165) is 11.8 Å². The Morgan fingerprint density at radius 2 is 1.70 bits per heavy atom. The van der Waals surface area contributed by atoms with Crippen molar-refractivity contribution in [2.45, 2.75) is 6.92 Å². The third-order valence-electron chi connectivity index (χ3n) is 3.67. The molecule has 142 valence electrons. The highest BCUT2D eigenvalue weighted by Gasteiger charge is 2.16. The van der Waals surface area contributed by atoms with Gasteiger partial charge in [0.25, 0.3) is 0 Å². The van der Waals surface area contributed by atoms with Gasteiger partial charge in [-0.1, -0.05) is 18.2 Å². The Bertz CT molecular complexity index is 827. The molecule has 0 aliphatic rings. The number of halogens is 1. The summed E-state index contributed by atoms with van der Waals surface area (Å²) in [6.45, 7) is 2.04. The van der Waals surface area contributed by atoms with Crippen LogP contribution in [-0.4, -0.2) is 37.9 Å². The molecule has 3 N–H and O–H groups in total. The van der Waals surface area contributed by atoms with Gasteiger partial charge in [-0.25, -0.2) is 4.39 Å². The molecule has 0 spiro atoms. The Labute approximate surface area is 156 Å². The molecular formula is C19H21FN4O3. The van der Waals surface area contributed by atoms with Crippen LogP contribution in [0.25, 0.3) is 0 Å². The number of hydrogen-bond donors (Lipinski definition) is 3. The molecule has 8 heteroatoms. The molecule has 0 aromatic heterocycles. The summed E-state index contributed by atoms with van der Waals surface area (Å²) in [6, 6.07) is 13.3. The second-order valence-electron chi connectivity index (χ2n) is 5.84. The lowest BCUT2D eigenvalue weighted by Gasteiger charge is -2.19. The molecule has 0 radical (unpaired) electrons. The van der Waals surface area contributed by atoms with Crippen LogP contribution in [0.1, 0.15) is 6.92 Å². The van der Waals surface area contributed by atoms with Gasteiger partial charge in [-0.05, 0) is 30.3 Å². The standard InChI is InChI=1S/C19H21FN4O3/c1-13(25)22-14-8-9-16(20)17(12-14)23-19(27)18(26)21-10-11-24(2)15-6-4-3-5-7-15/h3-9,12H,10-11H2,1-2H3,(H,21,26)(H,22,25)(H,23,27). The molecular weight excluding hydrogens is 351 g/mol. The van der Waals surface area contributed by atoms with Crippen LogP contribution in [0.4, 0.5) is 21.5 Å². The van der Waals surface area contributed by atoms with E-state index in [4.69, 9.17) is 0 Å². The van der Waals surface area contributed by atoms with Gasteiger partial charge in [0.05, 0.1) is 5.69 Å². The average Bonchev–Trinajstić information content (AvgIpc) is 2.64. The first-order valence-corrected chi connectivity index (χ1v) is 8.29. The lowest BCUT2D eigenvalue weighted by atomic mass is 10.2. The minimum atomic E-state index is -0.990. The van der Waals surface area contributed by atoms with E-state index in [1.54, 1.807) is 0 Å². The summed E-state index contributed by atoms with van der Waals surface area (Å²) >= 11 is 0. The van der Waals surface area contributed by atoms with E-state index in [9.17, 15) is 18.8 Å². The SMILES string of the molecule is CC(=O)Nc1ccc(F)c(NC(=O)C(=O)NCCN(C)c2ccccc2)c1. The van der Waals surface area contributed by atoms with E-state index in [1.807, 2.05) is 42.3 Å². The van der Waals surface area contributed by atoms with Gasteiger partial charge in [0.2, 0.25) is 5.91 Å². The largest absolute Gasteiger partial charge is 0.373 e. The number of hydrogen-bond acceptors (Lipinski definition) is 4. The fourth-order valence-electron chi connectivity index (χ4n) is 2.31. The zero-order valence-electron chi connectivity index (χ0n) is 15.1. The van der Waals surface area contributed by atoms with Crippen molar-refractivity contribution in [3.63, 3.8) is 0 Å². The number of benzene rings is 2. The van der Waals surface area contributed by atoms with Crippen molar-refractivity contribution in [2.75, 3.05) is 35.7 Å². The molecule has 3 amide bonds. The van der Waals surface area contributed by atoms with Crippen molar-refractivity contribution in [2.24, 2.45) is 0 Å². The molecule has 7 nitrogen and oxygen atoms in total. The second-order valence-corrected chi connectivity index (χ2v) is 5.84. The molecule has 0 saturated heterocycles. The number of rotatable bonds is 6. The van der Waals surface area contributed by atoms with Gasteiger partial charge in [0, 0.05) is 38.4 Å². The molecule has 0 saturated carbocycles. The van der Waals surface area contributed by atoms with Crippen LogP contribution in [0.15, 0.2) is 48.5 Å². The summed E-state index contributed by atoms with van der Waals surface area (Å²) < 4.78 is 13.8. The molecule has 27 heavy (non-hydrogen) atoms. The quantitative estimate of drug-likeness (QED) is 0.677. The van der Waals surface area contributed by atoms with Crippen LogP contribution in [-0.2, 0) is 14.4 Å². The number of carbonyl (C=O) groups excluding carboxylic acids is 3. The van der Waals surface area contributed by atoms with E-state index in [-0.39, 0.29) is 18.1 Å². The van der Waals surface area contributed by atoms with Crippen LogP contribution >= 0.6 is 0 Å². The van der Waals surface area contributed by atoms with Crippen LogP contribution in [0.2, 0.25) is 0 Å². The zero-order chi connectivity index (χ0) is 19.8. The molecule has 0 heterocycles. The van der Waals surface area contributed by atoms with Gasteiger partial charge in [0.15, 0.2) is 0 Å². The number of anilines is 3. The van der Waals surface area contributed by atoms with Crippen molar-refractivity contribution >= 4 is 34.8 Å². The summed E-state index contributed by atoms with van der Waals surface area (Å²) in [7, 11) is 1.87. The monoisotopic (exact) mass is 372 g/mol. The van der Waals surface area contributed by atoms with Crippen molar-refractivity contribution in [3.8, 4) is 0 Å². The first-order chi connectivity index (χ1) is 12.9. The van der Waals surface area contributed by atoms with Crippen LogP contribution in [0.3, 0.4) is 0 Å². The maximum absolute atomic E-state index is 13.8. The van der Waals surface area contributed by atoms with Gasteiger partial charge in [-0.2, -0.15) is 0 Å². The highest BCUT2D eigenvalue weighted by atomic mass is 19.1. The second kappa shape index (κ2) is 9.33. The molecule has 2 aromatic rings. The minimum absolute atomic E-state index is 0.192. The number of amides is 3. The zero-order valence-corrected chi connectivity index (χ0v) is 15.1. The lowest BCUT2D eigenvalue weighted by molar-refractivity contribution is -0.136. The molecule has 0 fully saturated rings. The Morgan fingerprint density at radius 1 is 1.00 bits per heavy atom. The minimum Gasteiger partial charge on any atom is -0.373 e. The molecule has 0 aliphatic carbocycles. The average molecular weight is 372 g/mol. The maximum atomic E-state index is 13.8. The normalized spacial score (nSPS) is 10.0. The number of likely N-dealkylation sites (N-methyl/N-ethyl adjacent to an activating group) is 1. The highest BCUT2D eigenvalue weighted by molar-refractivity contribution is 6.39. The Balaban J connectivity index is 1.87. The third-order valence-corrected chi connectivity index (χ3v) is 3.67. The maximum Gasteiger partial charge on any atom is 0.313 e. The summed E-state index contributed by atoms with van der Waals surface area (Å²) in [5.41, 5.74) is 1.10. The predicted molar refractivity (Wildman–Crippen MR) is 102 cm³/mol. The smallest absolute Gasteiger partial charge is 0.313 e. The van der Waals surface area contributed by atoms with Crippen LogP contribution < -0.4 is 20.9 Å². The van der Waals surface area contributed by atoms with E-state index < -0.39 is 17.6 Å². The first kappa shape index (κ1) is 19.9. The fraction of sp³-hybridized carbons (Fsp3) is 0.211. The van der Waals surface area contributed by atoms with Crippen molar-refractivity contribution in [1.29, 1.82) is 0 Å². The van der Waals surface area contributed by atoms with E-state index in [1.165, 1.54) is 19.1 Å². The van der Waals surface area contributed by atoms with Crippen LogP contribution in [0, 0.1) is 5.82 Å². The van der Waals surface area contributed by atoms with Crippen molar-refractivity contribution in [3.05, 3.63) is 54.3 Å². The Kier molecular flexibility index (Phi) is 6.87. The van der Waals surface area contributed by atoms with E-state index >= 15 is 0 Å². The summed E-state index contributed by atoms with van der Waals surface area (Å²) in [5, 5.41) is 7.16. The highest BCUT2D eigenvalue weighted by Crippen LogP contribution is 2.19. The first-order valence-electron chi connectivity index (χ1n) is 8.29. The predicted octanol–water partition coefficient (Wildman–Crippen LogP) is 1.98. The van der Waals surface area contributed by atoms with Gasteiger partial charge in [-0.15, -0.1) is 0 Å². The Morgan fingerprint density at radius 3 is 2.37 bits per heavy atom. The van der Waals surface area contributed by atoms with Crippen molar-refractivity contribution < 1.29 is 18.8 Å². The molecule has 2 aromatic carbocycles. The van der Waals surface area contributed by atoms with Crippen LogP contribution in [0.5, 0.6) is 0 Å². The van der Waals surface area contributed by atoms with Gasteiger partial charge >= 0.3 is 11.8 Å². The fourth-order valence-corrected chi connectivity index (χ4v) is 2.31. The molecule has 0 aliphatic heterocycles. The van der Waals surface area contributed by atoms with E-state index in [0.29, 0.717) is 12.2 Å². The summed E-state index contributed by atoms with van der Waals surface area (Å²) in [4.78, 5) is 36.8. The topological polar surface area (TPSA) is 90.5 Å². The Hall–Kier alpha value is -3.42. The molecule has 0 bridgehead atoms. The molecule has 0 unspecified atom stereocenters. The number of nitrogens with one attached hydrogen (secondary N) is 3. The molecule has 0 atom stereocenters. The summed E-state index contributed by atoms with van der Waals surface area (Å²) in [6.07, 6.45) is 0. The third kappa shape index (κ3) is 6.10. The molecule has 2 rings (SSSR count). The van der Waals surface area contributed by atoms with Crippen molar-refractivity contribution in [1.82, 2.24) is 5.32 Å². The van der Waals surface area contributed by atoms with Gasteiger partial charge < -0.3 is 20.9 Å². The number of nitrogens with zero attached hydrogens (tertiary/aromatic N) is 1.